The highest BCUT2D eigenvalue weighted by Crippen LogP contribution is 2.27. The molecule has 0 unspecified atom stereocenters. The Balaban J connectivity index is 1.23. The van der Waals surface area contributed by atoms with Crippen molar-refractivity contribution in [3.63, 3.8) is 0 Å². The van der Waals surface area contributed by atoms with Crippen LogP contribution in [0.3, 0.4) is 0 Å². The summed E-state index contributed by atoms with van der Waals surface area (Å²) in [6, 6.07) is 21.7. The first-order valence-corrected chi connectivity index (χ1v) is 10.8. The molecule has 0 bridgehead atoms. The smallest absolute Gasteiger partial charge is 0.227 e. The summed E-state index contributed by atoms with van der Waals surface area (Å²) in [6.45, 7) is 4.05. The molecule has 29 heavy (non-hydrogen) atoms. The first-order chi connectivity index (χ1) is 14.3. The van der Waals surface area contributed by atoms with Crippen LogP contribution in [-0.4, -0.2) is 29.6 Å². The highest BCUT2D eigenvalue weighted by atomic mass is 15.3. The molecule has 1 fully saturated rings. The minimum atomic E-state index is 0.760. The van der Waals surface area contributed by atoms with Gasteiger partial charge in [0, 0.05) is 32.4 Å². The number of fused-ring (bicyclic) bond motifs is 1. The van der Waals surface area contributed by atoms with Gasteiger partial charge in [-0.1, -0.05) is 54.6 Å². The monoisotopic (exact) mass is 384 g/mol. The van der Waals surface area contributed by atoms with Crippen molar-refractivity contribution in [3.05, 3.63) is 83.6 Å². The van der Waals surface area contributed by atoms with Crippen molar-refractivity contribution in [1.29, 1.82) is 0 Å². The number of benzene rings is 2. The number of aromatic nitrogens is 2. The number of hydrogen-bond donors (Lipinski definition) is 0. The molecule has 148 valence electrons. The Morgan fingerprint density at radius 1 is 0.793 bits per heavy atom. The molecule has 0 aliphatic carbocycles. The topological polar surface area (TPSA) is 32.3 Å². The van der Waals surface area contributed by atoms with Crippen molar-refractivity contribution in [2.24, 2.45) is 5.92 Å². The molecule has 1 aromatic heterocycles. The zero-order valence-corrected chi connectivity index (χ0v) is 16.9. The molecule has 4 nitrogen and oxygen atoms in total. The summed E-state index contributed by atoms with van der Waals surface area (Å²) in [4.78, 5) is 14.3. The summed E-state index contributed by atoms with van der Waals surface area (Å²) in [7, 11) is 0. The van der Waals surface area contributed by atoms with Crippen LogP contribution in [-0.2, 0) is 19.4 Å². The Morgan fingerprint density at radius 3 is 2.38 bits per heavy atom. The number of rotatable bonds is 4. The molecule has 0 N–H and O–H groups in total. The fraction of sp³-hybridized carbons (Fsp3) is 0.360. The van der Waals surface area contributed by atoms with Crippen molar-refractivity contribution in [2.75, 3.05) is 29.4 Å². The van der Waals surface area contributed by atoms with Crippen LogP contribution < -0.4 is 9.80 Å². The van der Waals surface area contributed by atoms with Gasteiger partial charge in [0.1, 0.15) is 5.82 Å². The lowest BCUT2D eigenvalue weighted by atomic mass is 9.90. The molecule has 0 atom stereocenters. The van der Waals surface area contributed by atoms with Crippen LogP contribution in [0.1, 0.15) is 29.5 Å². The molecule has 3 aromatic rings. The Morgan fingerprint density at radius 2 is 1.55 bits per heavy atom. The van der Waals surface area contributed by atoms with Gasteiger partial charge in [-0.15, -0.1) is 0 Å². The second kappa shape index (κ2) is 8.24. The maximum absolute atomic E-state index is 4.94. The Hall–Kier alpha value is -2.88. The van der Waals surface area contributed by atoms with Crippen molar-refractivity contribution in [3.8, 4) is 0 Å². The van der Waals surface area contributed by atoms with E-state index >= 15 is 0 Å². The molecule has 2 aliphatic rings. The van der Waals surface area contributed by atoms with Crippen LogP contribution in [0.4, 0.5) is 11.8 Å². The van der Waals surface area contributed by atoms with E-state index in [4.69, 9.17) is 4.98 Å². The summed E-state index contributed by atoms with van der Waals surface area (Å²) in [6.07, 6.45) is 6.61. The van der Waals surface area contributed by atoms with E-state index in [1.54, 1.807) is 0 Å². The fourth-order valence-electron chi connectivity index (χ4n) is 4.64. The molecule has 2 aliphatic heterocycles. The molecule has 3 heterocycles. The van der Waals surface area contributed by atoms with Crippen LogP contribution >= 0.6 is 0 Å². The number of piperidine rings is 1. The van der Waals surface area contributed by atoms with E-state index in [9.17, 15) is 0 Å². The third-order valence-electron chi connectivity index (χ3n) is 6.35. The molecule has 0 spiro atoms. The molecule has 0 saturated carbocycles. The highest BCUT2D eigenvalue weighted by molar-refractivity contribution is 5.47. The maximum atomic E-state index is 4.94. The quantitative estimate of drug-likeness (QED) is 0.663. The van der Waals surface area contributed by atoms with E-state index in [0.717, 1.165) is 50.3 Å². The van der Waals surface area contributed by atoms with Crippen LogP contribution in [0.15, 0.2) is 66.9 Å². The second-order valence-electron chi connectivity index (χ2n) is 8.28. The van der Waals surface area contributed by atoms with Crippen molar-refractivity contribution in [2.45, 2.75) is 32.2 Å². The lowest BCUT2D eigenvalue weighted by molar-refractivity contribution is 0.400. The van der Waals surface area contributed by atoms with Gasteiger partial charge in [0.15, 0.2) is 0 Å². The molecule has 1 saturated heterocycles. The molecule has 2 aromatic carbocycles. The Kier molecular flexibility index (Phi) is 5.16. The molecular weight excluding hydrogens is 356 g/mol. The summed E-state index contributed by atoms with van der Waals surface area (Å²) in [5.74, 6) is 2.70. The standard InChI is InChI=1S/C25H28N4/c1-2-6-20(7-3-1)18-21-11-15-28(16-12-21)25-26-14-10-24(27-25)29-17-13-22-8-4-5-9-23(22)19-29/h1-10,14,21H,11-13,15-19H2. The van der Waals surface area contributed by atoms with Gasteiger partial charge in [-0.2, -0.15) is 4.98 Å². The lowest BCUT2D eigenvalue weighted by Gasteiger charge is -2.33. The van der Waals surface area contributed by atoms with Crippen LogP contribution in [0.25, 0.3) is 0 Å². The van der Waals surface area contributed by atoms with E-state index in [-0.39, 0.29) is 0 Å². The first kappa shape index (κ1) is 18.2. The second-order valence-corrected chi connectivity index (χ2v) is 8.28. The average molecular weight is 385 g/mol. The predicted molar refractivity (Wildman–Crippen MR) is 118 cm³/mol. The van der Waals surface area contributed by atoms with Crippen LogP contribution in [0.5, 0.6) is 0 Å². The minimum Gasteiger partial charge on any atom is -0.352 e. The average Bonchev–Trinajstić information content (AvgIpc) is 2.80. The fourth-order valence-corrected chi connectivity index (χ4v) is 4.64. The first-order valence-electron chi connectivity index (χ1n) is 10.8. The molecule has 0 radical (unpaired) electrons. The van der Waals surface area contributed by atoms with Crippen molar-refractivity contribution >= 4 is 11.8 Å². The van der Waals surface area contributed by atoms with E-state index in [2.05, 4.69) is 75.4 Å². The van der Waals surface area contributed by atoms with E-state index < -0.39 is 0 Å². The van der Waals surface area contributed by atoms with Gasteiger partial charge < -0.3 is 9.80 Å². The Labute approximate surface area is 173 Å². The molecule has 5 rings (SSSR count). The third kappa shape index (κ3) is 4.12. The lowest BCUT2D eigenvalue weighted by Crippen LogP contribution is -2.36. The Bertz CT molecular complexity index is 948. The van der Waals surface area contributed by atoms with Crippen LogP contribution in [0.2, 0.25) is 0 Å². The van der Waals surface area contributed by atoms with Gasteiger partial charge in [0.25, 0.3) is 0 Å². The summed E-state index contributed by atoms with van der Waals surface area (Å²) in [5.41, 5.74) is 4.34. The normalized spacial score (nSPS) is 17.2. The summed E-state index contributed by atoms with van der Waals surface area (Å²) >= 11 is 0. The number of nitrogens with zero attached hydrogens (tertiary/aromatic N) is 4. The predicted octanol–water partition coefficient (Wildman–Crippen LogP) is 4.50. The van der Waals surface area contributed by atoms with Crippen molar-refractivity contribution in [1.82, 2.24) is 9.97 Å². The van der Waals surface area contributed by atoms with E-state index in [0.29, 0.717) is 0 Å². The third-order valence-corrected chi connectivity index (χ3v) is 6.35. The van der Waals surface area contributed by atoms with Crippen molar-refractivity contribution < 1.29 is 0 Å². The van der Waals surface area contributed by atoms with Gasteiger partial charge in [0.05, 0.1) is 0 Å². The molecule has 0 amide bonds. The zero-order valence-electron chi connectivity index (χ0n) is 16.9. The van der Waals surface area contributed by atoms with Gasteiger partial charge in [0.2, 0.25) is 5.95 Å². The molecular formula is C25H28N4. The van der Waals surface area contributed by atoms with E-state index in [1.807, 2.05) is 6.20 Å². The van der Waals surface area contributed by atoms with Gasteiger partial charge >= 0.3 is 0 Å². The number of hydrogen-bond acceptors (Lipinski definition) is 4. The van der Waals surface area contributed by atoms with Gasteiger partial charge in [-0.05, 0) is 54.4 Å². The highest BCUT2D eigenvalue weighted by Gasteiger charge is 2.23. The summed E-state index contributed by atoms with van der Waals surface area (Å²) < 4.78 is 0. The van der Waals surface area contributed by atoms with Gasteiger partial charge in [-0.25, -0.2) is 4.98 Å². The maximum Gasteiger partial charge on any atom is 0.227 e. The zero-order chi connectivity index (χ0) is 19.5. The SMILES string of the molecule is c1ccc(CC2CCN(c3nccc(N4CCc5ccccc5C4)n3)CC2)cc1. The largest absolute Gasteiger partial charge is 0.352 e. The van der Waals surface area contributed by atoms with Gasteiger partial charge in [-0.3, -0.25) is 0 Å². The summed E-state index contributed by atoms with van der Waals surface area (Å²) in [5, 5.41) is 0. The van der Waals surface area contributed by atoms with Crippen LogP contribution in [0, 0.1) is 5.92 Å². The molecule has 4 heteroatoms. The minimum absolute atomic E-state index is 0.760. The van der Waals surface area contributed by atoms with E-state index in [1.165, 1.54) is 36.0 Å². The number of anilines is 2.